The predicted molar refractivity (Wildman–Crippen MR) is 62.7 cm³/mol. The molecular formula is C12H19N3O3. The van der Waals surface area contributed by atoms with Gasteiger partial charge in [-0.1, -0.05) is 5.16 Å². The van der Waals surface area contributed by atoms with Crippen LogP contribution in [0.2, 0.25) is 0 Å². The summed E-state index contributed by atoms with van der Waals surface area (Å²) in [7, 11) is 1.70. The molecule has 2 fully saturated rings. The van der Waals surface area contributed by atoms with Crippen LogP contribution in [0, 0.1) is 0 Å². The van der Waals surface area contributed by atoms with Gasteiger partial charge in [-0.3, -0.25) is 0 Å². The van der Waals surface area contributed by atoms with E-state index >= 15 is 0 Å². The fourth-order valence-electron chi connectivity index (χ4n) is 2.63. The van der Waals surface area contributed by atoms with Crippen molar-refractivity contribution in [3.05, 3.63) is 11.7 Å². The van der Waals surface area contributed by atoms with E-state index < -0.39 is 0 Å². The molecule has 2 aliphatic rings. The number of hydrogen-bond acceptors (Lipinski definition) is 6. The van der Waals surface area contributed by atoms with E-state index in [0.29, 0.717) is 18.3 Å². The largest absolute Gasteiger partial charge is 0.370 e. The van der Waals surface area contributed by atoms with Crippen molar-refractivity contribution in [2.45, 2.75) is 49.9 Å². The van der Waals surface area contributed by atoms with Crippen LogP contribution in [-0.2, 0) is 15.1 Å². The first-order valence-corrected chi connectivity index (χ1v) is 6.52. The first kappa shape index (κ1) is 12.1. The fourth-order valence-corrected chi connectivity index (χ4v) is 2.63. The smallest absolute Gasteiger partial charge is 0.255 e. The zero-order chi connectivity index (χ0) is 12.6. The van der Waals surface area contributed by atoms with Crippen molar-refractivity contribution < 1.29 is 14.0 Å². The van der Waals surface area contributed by atoms with E-state index in [-0.39, 0.29) is 17.8 Å². The van der Waals surface area contributed by atoms with Crippen LogP contribution in [0.15, 0.2) is 4.52 Å². The maximum absolute atomic E-state index is 5.75. The van der Waals surface area contributed by atoms with Gasteiger partial charge in [-0.25, -0.2) is 0 Å². The van der Waals surface area contributed by atoms with Crippen LogP contribution in [0.3, 0.4) is 0 Å². The van der Waals surface area contributed by atoms with Crippen LogP contribution in [0.1, 0.15) is 49.9 Å². The van der Waals surface area contributed by atoms with Gasteiger partial charge in [-0.05, 0) is 32.1 Å². The Morgan fingerprint density at radius 3 is 2.83 bits per heavy atom. The zero-order valence-corrected chi connectivity index (χ0v) is 10.6. The van der Waals surface area contributed by atoms with Crippen molar-refractivity contribution in [3.63, 3.8) is 0 Å². The summed E-state index contributed by atoms with van der Waals surface area (Å²) in [6, 6.07) is 0. The van der Waals surface area contributed by atoms with E-state index in [1.54, 1.807) is 7.11 Å². The molecule has 1 aromatic rings. The van der Waals surface area contributed by atoms with E-state index in [1.165, 1.54) is 0 Å². The zero-order valence-electron chi connectivity index (χ0n) is 10.6. The minimum Gasteiger partial charge on any atom is -0.370 e. The Hall–Kier alpha value is -0.980. The van der Waals surface area contributed by atoms with E-state index in [1.807, 2.05) is 0 Å². The average molecular weight is 253 g/mol. The third-order valence-electron chi connectivity index (χ3n) is 4.05. The lowest BCUT2D eigenvalue weighted by Crippen LogP contribution is -2.37. The number of nitrogens with zero attached hydrogens (tertiary/aromatic N) is 2. The molecule has 0 spiro atoms. The minimum atomic E-state index is -0.326. The van der Waals surface area contributed by atoms with E-state index in [9.17, 15) is 0 Å². The van der Waals surface area contributed by atoms with E-state index in [2.05, 4.69) is 10.1 Å². The maximum atomic E-state index is 5.75. The molecule has 0 bridgehead atoms. The second kappa shape index (κ2) is 4.60. The predicted octanol–water partition coefficient (Wildman–Crippen LogP) is 1.27. The Kier molecular flexibility index (Phi) is 3.09. The molecule has 0 amide bonds. The van der Waals surface area contributed by atoms with Gasteiger partial charge in [0.05, 0.1) is 6.10 Å². The Morgan fingerprint density at radius 1 is 1.44 bits per heavy atom. The van der Waals surface area contributed by atoms with Crippen LogP contribution < -0.4 is 5.73 Å². The van der Waals surface area contributed by atoms with Crippen LogP contribution >= 0.6 is 0 Å². The number of aromatic nitrogens is 2. The molecule has 18 heavy (non-hydrogen) atoms. The Bertz CT molecular complexity index is 411. The van der Waals surface area contributed by atoms with Gasteiger partial charge in [0.15, 0.2) is 0 Å². The number of hydrogen-bond donors (Lipinski definition) is 1. The van der Waals surface area contributed by atoms with Crippen molar-refractivity contribution in [1.82, 2.24) is 10.1 Å². The lowest BCUT2D eigenvalue weighted by atomic mass is 9.79. The van der Waals surface area contributed by atoms with Gasteiger partial charge in [0, 0.05) is 13.7 Å². The maximum Gasteiger partial charge on any atom is 0.255 e. The van der Waals surface area contributed by atoms with E-state index in [0.717, 1.165) is 32.1 Å². The summed E-state index contributed by atoms with van der Waals surface area (Å²) < 4.78 is 16.6. The minimum absolute atomic E-state index is 0.103. The standard InChI is InChI=1S/C12H19N3O3/c1-16-12(5-2-6-12)11-14-10(18-15-11)9-4-3-8(7-13)17-9/h8-9H,2-7,13H2,1H3. The highest BCUT2D eigenvalue weighted by molar-refractivity contribution is 5.07. The number of rotatable bonds is 4. The van der Waals surface area contributed by atoms with Crippen molar-refractivity contribution in [2.24, 2.45) is 5.73 Å². The Balaban J connectivity index is 1.74. The highest BCUT2D eigenvalue weighted by Crippen LogP contribution is 2.43. The summed E-state index contributed by atoms with van der Waals surface area (Å²) >= 11 is 0. The highest BCUT2D eigenvalue weighted by Gasteiger charge is 2.44. The molecule has 2 N–H and O–H groups in total. The number of ether oxygens (including phenoxy) is 2. The molecule has 100 valence electrons. The average Bonchev–Trinajstić information content (AvgIpc) is 2.96. The van der Waals surface area contributed by atoms with Gasteiger partial charge in [0.2, 0.25) is 5.82 Å². The molecule has 3 rings (SSSR count). The SMILES string of the molecule is COC1(c2noc(C3CCC(CN)O3)n2)CCC1. The molecule has 2 unspecified atom stereocenters. The third kappa shape index (κ3) is 1.84. The number of methoxy groups -OCH3 is 1. The summed E-state index contributed by atoms with van der Waals surface area (Å²) in [4.78, 5) is 4.46. The summed E-state index contributed by atoms with van der Waals surface area (Å²) in [5.74, 6) is 1.22. The quantitative estimate of drug-likeness (QED) is 0.870. The molecule has 0 aromatic carbocycles. The molecule has 1 aliphatic carbocycles. The van der Waals surface area contributed by atoms with Gasteiger partial charge in [0.25, 0.3) is 5.89 Å². The van der Waals surface area contributed by atoms with Crippen molar-refractivity contribution >= 4 is 0 Å². The molecule has 6 nitrogen and oxygen atoms in total. The molecule has 6 heteroatoms. The lowest BCUT2D eigenvalue weighted by Gasteiger charge is -2.37. The topological polar surface area (TPSA) is 83.4 Å². The normalized spacial score (nSPS) is 30.3. The molecule has 1 aromatic heterocycles. The summed E-state index contributed by atoms with van der Waals surface area (Å²) in [5.41, 5.74) is 5.26. The molecule has 2 heterocycles. The van der Waals surface area contributed by atoms with Gasteiger partial charge < -0.3 is 19.7 Å². The monoisotopic (exact) mass is 253 g/mol. The van der Waals surface area contributed by atoms with Gasteiger partial charge >= 0.3 is 0 Å². The van der Waals surface area contributed by atoms with Crippen LogP contribution in [-0.4, -0.2) is 29.9 Å². The Morgan fingerprint density at radius 2 is 2.28 bits per heavy atom. The Labute approximate surface area is 106 Å². The third-order valence-corrected chi connectivity index (χ3v) is 4.05. The highest BCUT2D eigenvalue weighted by atomic mass is 16.5. The fraction of sp³-hybridized carbons (Fsp3) is 0.833. The second-order valence-electron chi connectivity index (χ2n) is 5.07. The molecule has 1 saturated heterocycles. The van der Waals surface area contributed by atoms with Gasteiger partial charge in [-0.2, -0.15) is 4.98 Å². The van der Waals surface area contributed by atoms with Crippen LogP contribution in [0.25, 0.3) is 0 Å². The van der Waals surface area contributed by atoms with Crippen molar-refractivity contribution in [1.29, 1.82) is 0 Å². The molecule has 1 saturated carbocycles. The van der Waals surface area contributed by atoms with E-state index in [4.69, 9.17) is 19.7 Å². The summed E-state index contributed by atoms with van der Waals surface area (Å²) in [6.45, 7) is 0.541. The molecular weight excluding hydrogens is 234 g/mol. The van der Waals surface area contributed by atoms with Crippen LogP contribution in [0.4, 0.5) is 0 Å². The molecule has 0 radical (unpaired) electrons. The second-order valence-corrected chi connectivity index (χ2v) is 5.07. The van der Waals surface area contributed by atoms with Gasteiger partial charge in [-0.15, -0.1) is 0 Å². The first-order chi connectivity index (χ1) is 8.77. The van der Waals surface area contributed by atoms with Crippen molar-refractivity contribution in [2.75, 3.05) is 13.7 Å². The first-order valence-electron chi connectivity index (χ1n) is 6.52. The number of nitrogens with two attached hydrogens (primary N) is 1. The molecule has 1 aliphatic heterocycles. The molecule has 2 atom stereocenters. The van der Waals surface area contributed by atoms with Crippen molar-refractivity contribution in [3.8, 4) is 0 Å². The van der Waals surface area contributed by atoms with Gasteiger partial charge in [0.1, 0.15) is 11.7 Å². The lowest BCUT2D eigenvalue weighted by molar-refractivity contribution is -0.0858. The van der Waals surface area contributed by atoms with Crippen LogP contribution in [0.5, 0.6) is 0 Å². The summed E-state index contributed by atoms with van der Waals surface area (Å²) in [6.07, 6.45) is 4.92. The summed E-state index contributed by atoms with van der Waals surface area (Å²) in [5, 5.41) is 4.05.